The fourth-order valence-corrected chi connectivity index (χ4v) is 2.29. The van der Waals surface area contributed by atoms with Crippen LogP contribution in [0, 0.1) is 16.0 Å². The molecule has 0 amide bonds. The highest BCUT2D eigenvalue weighted by molar-refractivity contribution is 4.62. The molecule has 1 rings (SSSR count). The van der Waals surface area contributed by atoms with E-state index in [0.717, 1.165) is 6.42 Å². The van der Waals surface area contributed by atoms with E-state index in [-0.39, 0.29) is 11.5 Å². The summed E-state index contributed by atoms with van der Waals surface area (Å²) in [7, 11) is 0. The smallest absolute Gasteiger partial charge is 0.204 e. The Hall–Kier alpha value is -0.600. The molecule has 0 aromatic carbocycles. The van der Waals surface area contributed by atoms with Crippen molar-refractivity contribution in [2.75, 3.05) is 6.54 Å². The monoisotopic (exact) mass is 199 g/mol. The first kappa shape index (κ1) is 11.5. The number of nitrogens with zero attached hydrogens (tertiary/aromatic N) is 1. The van der Waals surface area contributed by atoms with E-state index in [4.69, 9.17) is 0 Å². The predicted molar refractivity (Wildman–Crippen MR) is 56.9 cm³/mol. The van der Waals surface area contributed by atoms with Crippen molar-refractivity contribution < 1.29 is 4.92 Å². The molecule has 0 aliphatic heterocycles. The Balaban J connectivity index is 2.21. The first-order valence-electron chi connectivity index (χ1n) is 5.91. The van der Waals surface area contributed by atoms with Gasteiger partial charge >= 0.3 is 0 Å². The normalized spacial score (nSPS) is 20.9. The van der Waals surface area contributed by atoms with E-state index in [1.54, 1.807) is 0 Å². The minimum Gasteiger partial charge on any atom is -0.265 e. The minimum absolute atomic E-state index is 0.171. The molecule has 0 saturated heterocycles. The van der Waals surface area contributed by atoms with Crippen molar-refractivity contribution in [3.63, 3.8) is 0 Å². The van der Waals surface area contributed by atoms with Gasteiger partial charge < -0.3 is 0 Å². The third-order valence-electron chi connectivity index (χ3n) is 3.19. The maximum Gasteiger partial charge on any atom is 0.204 e. The molecule has 14 heavy (non-hydrogen) atoms. The van der Waals surface area contributed by atoms with Crippen molar-refractivity contribution in [3.8, 4) is 0 Å². The lowest BCUT2D eigenvalue weighted by Crippen LogP contribution is -2.09. The maximum absolute atomic E-state index is 10.3. The van der Waals surface area contributed by atoms with Crippen molar-refractivity contribution in [3.05, 3.63) is 10.1 Å². The van der Waals surface area contributed by atoms with Crippen LogP contribution in [0.3, 0.4) is 0 Å². The second kappa shape index (κ2) is 6.80. The average Bonchev–Trinajstić information content (AvgIpc) is 2.27. The van der Waals surface area contributed by atoms with Gasteiger partial charge in [0, 0.05) is 11.3 Å². The Morgan fingerprint density at radius 2 is 1.50 bits per heavy atom. The third-order valence-corrected chi connectivity index (χ3v) is 3.19. The van der Waals surface area contributed by atoms with Crippen LogP contribution < -0.4 is 0 Å². The Morgan fingerprint density at radius 1 is 1.00 bits per heavy atom. The second-order valence-corrected chi connectivity index (χ2v) is 4.41. The zero-order chi connectivity index (χ0) is 10.2. The zero-order valence-corrected chi connectivity index (χ0v) is 8.91. The van der Waals surface area contributed by atoms with Gasteiger partial charge in [0.25, 0.3) is 0 Å². The van der Waals surface area contributed by atoms with Crippen molar-refractivity contribution in [1.29, 1.82) is 0 Å². The first-order chi connectivity index (χ1) is 6.79. The van der Waals surface area contributed by atoms with Crippen molar-refractivity contribution >= 4 is 0 Å². The summed E-state index contributed by atoms with van der Waals surface area (Å²) >= 11 is 0. The molecule has 3 heteroatoms. The number of hydrogen-bond donors (Lipinski definition) is 0. The quantitative estimate of drug-likeness (QED) is 0.516. The molecule has 0 atom stereocenters. The van der Waals surface area contributed by atoms with E-state index in [0.29, 0.717) is 5.92 Å². The highest BCUT2D eigenvalue weighted by Gasteiger charge is 2.12. The highest BCUT2D eigenvalue weighted by Crippen LogP contribution is 2.23. The lowest BCUT2D eigenvalue weighted by atomic mass is 9.94. The molecule has 0 unspecified atom stereocenters. The molecule has 0 N–H and O–H groups in total. The fraction of sp³-hybridized carbons (Fsp3) is 1.00. The lowest BCUT2D eigenvalue weighted by molar-refractivity contribution is -0.481. The summed E-state index contributed by atoms with van der Waals surface area (Å²) < 4.78 is 0. The van der Waals surface area contributed by atoms with E-state index in [1.807, 2.05) is 0 Å². The van der Waals surface area contributed by atoms with E-state index in [9.17, 15) is 10.1 Å². The van der Waals surface area contributed by atoms with Crippen LogP contribution in [-0.2, 0) is 0 Å². The first-order valence-corrected chi connectivity index (χ1v) is 5.91. The third kappa shape index (κ3) is 5.20. The topological polar surface area (TPSA) is 43.1 Å². The molecule has 0 radical (unpaired) electrons. The van der Waals surface area contributed by atoms with Gasteiger partial charge in [-0.3, -0.25) is 10.1 Å². The Kier molecular flexibility index (Phi) is 5.57. The molecule has 1 aliphatic rings. The van der Waals surface area contributed by atoms with Crippen molar-refractivity contribution in [2.24, 2.45) is 5.92 Å². The van der Waals surface area contributed by atoms with Crippen LogP contribution in [0.25, 0.3) is 0 Å². The molecule has 1 saturated carbocycles. The van der Waals surface area contributed by atoms with E-state index in [1.165, 1.54) is 51.4 Å². The molecule has 0 aromatic rings. The van der Waals surface area contributed by atoms with Crippen molar-refractivity contribution in [2.45, 2.75) is 57.8 Å². The van der Waals surface area contributed by atoms with Crippen LogP contribution in [0.1, 0.15) is 57.8 Å². The molecule has 0 bridgehead atoms. The molecule has 1 aliphatic carbocycles. The number of nitro groups is 1. The van der Waals surface area contributed by atoms with Gasteiger partial charge in [0.15, 0.2) is 0 Å². The van der Waals surface area contributed by atoms with E-state index < -0.39 is 0 Å². The molecular weight excluding hydrogens is 178 g/mol. The van der Waals surface area contributed by atoms with Crippen LogP contribution in [0.15, 0.2) is 0 Å². The highest BCUT2D eigenvalue weighted by atomic mass is 16.6. The Labute approximate surface area is 86.0 Å². The van der Waals surface area contributed by atoms with Gasteiger partial charge in [-0.1, -0.05) is 51.4 Å². The summed E-state index contributed by atoms with van der Waals surface area (Å²) in [5.41, 5.74) is 0. The van der Waals surface area contributed by atoms with Crippen LogP contribution in [0.2, 0.25) is 0 Å². The van der Waals surface area contributed by atoms with E-state index >= 15 is 0 Å². The van der Waals surface area contributed by atoms with Crippen LogP contribution in [-0.4, -0.2) is 11.5 Å². The Morgan fingerprint density at radius 3 is 2.00 bits per heavy atom. The number of hydrogen-bond acceptors (Lipinski definition) is 2. The molecular formula is C11H21NO2. The van der Waals surface area contributed by atoms with Crippen molar-refractivity contribution in [1.82, 2.24) is 0 Å². The zero-order valence-electron chi connectivity index (χ0n) is 8.91. The molecule has 1 fully saturated rings. The largest absolute Gasteiger partial charge is 0.265 e. The van der Waals surface area contributed by atoms with Gasteiger partial charge in [-0.05, 0) is 5.92 Å². The van der Waals surface area contributed by atoms with E-state index in [2.05, 4.69) is 0 Å². The average molecular weight is 199 g/mol. The van der Waals surface area contributed by atoms with Gasteiger partial charge in [-0.2, -0.15) is 0 Å². The van der Waals surface area contributed by atoms with Crippen LogP contribution in [0.4, 0.5) is 0 Å². The summed E-state index contributed by atoms with van der Waals surface area (Å²) in [6.07, 6.45) is 11.2. The minimum atomic E-state index is -0.174. The summed E-state index contributed by atoms with van der Waals surface area (Å²) in [6.45, 7) is 0.171. The SMILES string of the molecule is O=[N+]([O-])CCC1CCCCCCCC1. The van der Waals surface area contributed by atoms with Gasteiger partial charge in [-0.15, -0.1) is 0 Å². The summed E-state index contributed by atoms with van der Waals surface area (Å²) in [4.78, 5) is 10.1. The standard InChI is InChI=1S/C11H21NO2/c13-12(14)10-9-11-7-5-3-1-2-4-6-8-11/h11H,1-10H2. The van der Waals surface area contributed by atoms with Gasteiger partial charge in [0.05, 0.1) is 0 Å². The Bertz CT molecular complexity index is 161. The summed E-state index contributed by atoms with van der Waals surface area (Å²) in [5, 5.41) is 10.3. The molecule has 0 spiro atoms. The summed E-state index contributed by atoms with van der Waals surface area (Å²) in [5.74, 6) is 0.624. The van der Waals surface area contributed by atoms with Crippen LogP contribution in [0.5, 0.6) is 0 Å². The molecule has 82 valence electrons. The van der Waals surface area contributed by atoms with Gasteiger partial charge in [0.2, 0.25) is 6.54 Å². The van der Waals surface area contributed by atoms with Gasteiger partial charge in [0.1, 0.15) is 0 Å². The molecule has 0 aromatic heterocycles. The fourth-order valence-electron chi connectivity index (χ4n) is 2.29. The molecule has 0 heterocycles. The summed E-state index contributed by atoms with van der Waals surface area (Å²) in [6, 6.07) is 0. The number of rotatable bonds is 3. The second-order valence-electron chi connectivity index (χ2n) is 4.41. The lowest BCUT2D eigenvalue weighted by Gasteiger charge is -2.12. The van der Waals surface area contributed by atoms with Gasteiger partial charge in [-0.25, -0.2) is 0 Å². The maximum atomic E-state index is 10.3. The van der Waals surface area contributed by atoms with Crippen LogP contribution >= 0.6 is 0 Å². The molecule has 3 nitrogen and oxygen atoms in total. The predicted octanol–water partition coefficient (Wildman–Crippen LogP) is 3.40.